The van der Waals surface area contributed by atoms with Crippen molar-refractivity contribution in [2.24, 2.45) is 0 Å². The summed E-state index contributed by atoms with van der Waals surface area (Å²) in [6.45, 7) is 0. The molecular formula is C20H14N2. The average Bonchev–Trinajstić information content (AvgIpc) is 2.83. The van der Waals surface area contributed by atoms with Gasteiger partial charge in [-0.05, 0) is 45.8 Å². The third-order valence-corrected chi connectivity index (χ3v) is 4.54. The van der Waals surface area contributed by atoms with E-state index in [1.165, 1.54) is 32.3 Å². The van der Waals surface area contributed by atoms with Crippen LogP contribution in [0, 0.1) is 0 Å². The van der Waals surface area contributed by atoms with E-state index < -0.39 is 0 Å². The zero-order valence-corrected chi connectivity index (χ0v) is 12.0. The summed E-state index contributed by atoms with van der Waals surface area (Å²) in [4.78, 5) is 0. The van der Waals surface area contributed by atoms with Gasteiger partial charge in [-0.15, -0.1) is 0 Å². The molecule has 0 unspecified atom stereocenters. The molecule has 0 bridgehead atoms. The van der Waals surface area contributed by atoms with Crippen LogP contribution in [0.3, 0.4) is 0 Å². The average molecular weight is 282 g/mol. The van der Waals surface area contributed by atoms with Gasteiger partial charge in [0.2, 0.25) is 0 Å². The number of rotatable bonds is 0. The van der Waals surface area contributed by atoms with Crippen molar-refractivity contribution in [2.75, 3.05) is 5.84 Å². The molecule has 0 spiro atoms. The maximum absolute atomic E-state index is 6.37. The summed E-state index contributed by atoms with van der Waals surface area (Å²) in [5, 5.41) is 7.35. The van der Waals surface area contributed by atoms with Crippen LogP contribution in [0.4, 0.5) is 0 Å². The predicted octanol–water partition coefficient (Wildman–Crippen LogP) is 4.81. The number of hydrogen-bond acceptors (Lipinski definition) is 1. The Morgan fingerprint density at radius 2 is 0.909 bits per heavy atom. The van der Waals surface area contributed by atoms with E-state index in [1.807, 2.05) is 4.68 Å². The molecule has 0 fully saturated rings. The first-order valence-electron chi connectivity index (χ1n) is 7.42. The van der Waals surface area contributed by atoms with Crippen molar-refractivity contribution in [1.82, 2.24) is 4.68 Å². The van der Waals surface area contributed by atoms with Gasteiger partial charge < -0.3 is 5.84 Å². The minimum atomic E-state index is 1.07. The zero-order valence-electron chi connectivity index (χ0n) is 12.0. The molecule has 0 aliphatic rings. The van der Waals surface area contributed by atoms with Crippen LogP contribution in [-0.4, -0.2) is 4.68 Å². The highest BCUT2D eigenvalue weighted by atomic mass is 15.3. The largest absolute Gasteiger partial charge is 0.339 e. The number of fused-ring (bicyclic) bond motifs is 5. The van der Waals surface area contributed by atoms with Crippen molar-refractivity contribution in [3.8, 4) is 0 Å². The lowest BCUT2D eigenvalue weighted by molar-refractivity contribution is 1.12. The summed E-state index contributed by atoms with van der Waals surface area (Å²) < 4.78 is 1.81. The fourth-order valence-corrected chi connectivity index (χ4v) is 3.42. The van der Waals surface area contributed by atoms with Crippen molar-refractivity contribution in [3.63, 3.8) is 0 Å². The van der Waals surface area contributed by atoms with Crippen LogP contribution in [-0.2, 0) is 0 Å². The van der Waals surface area contributed by atoms with Gasteiger partial charge in [0.25, 0.3) is 0 Å². The summed E-state index contributed by atoms with van der Waals surface area (Å²) in [5.74, 6) is 6.37. The number of aromatic nitrogens is 1. The zero-order chi connectivity index (χ0) is 14.7. The van der Waals surface area contributed by atoms with Crippen LogP contribution < -0.4 is 5.84 Å². The van der Waals surface area contributed by atoms with E-state index in [0.717, 1.165) is 11.0 Å². The van der Waals surface area contributed by atoms with Crippen molar-refractivity contribution in [2.45, 2.75) is 0 Å². The lowest BCUT2D eigenvalue weighted by atomic mass is 10.0. The van der Waals surface area contributed by atoms with Gasteiger partial charge in [-0.3, -0.25) is 4.68 Å². The minimum Gasteiger partial charge on any atom is -0.339 e. The summed E-state index contributed by atoms with van der Waals surface area (Å²) in [6.07, 6.45) is 0. The number of hydrogen-bond donors (Lipinski definition) is 1. The second-order valence-corrected chi connectivity index (χ2v) is 5.80. The molecule has 0 saturated carbocycles. The molecule has 0 amide bonds. The molecule has 5 rings (SSSR count). The van der Waals surface area contributed by atoms with Gasteiger partial charge in [0, 0.05) is 10.8 Å². The maximum Gasteiger partial charge on any atom is 0.0709 e. The third-order valence-electron chi connectivity index (χ3n) is 4.54. The Kier molecular flexibility index (Phi) is 2.12. The van der Waals surface area contributed by atoms with Gasteiger partial charge >= 0.3 is 0 Å². The van der Waals surface area contributed by atoms with Crippen LogP contribution in [0.25, 0.3) is 43.4 Å². The molecule has 0 aliphatic carbocycles. The molecule has 5 aromatic rings. The summed E-state index contributed by atoms with van der Waals surface area (Å²) >= 11 is 0. The monoisotopic (exact) mass is 282 g/mol. The maximum atomic E-state index is 6.37. The van der Waals surface area contributed by atoms with Gasteiger partial charge in [-0.1, -0.05) is 48.5 Å². The smallest absolute Gasteiger partial charge is 0.0709 e. The van der Waals surface area contributed by atoms with Crippen molar-refractivity contribution >= 4 is 43.4 Å². The van der Waals surface area contributed by atoms with E-state index in [0.29, 0.717) is 0 Å². The summed E-state index contributed by atoms with van der Waals surface area (Å²) in [7, 11) is 0. The third kappa shape index (κ3) is 1.44. The van der Waals surface area contributed by atoms with Gasteiger partial charge in [0.05, 0.1) is 11.0 Å². The molecule has 2 N–H and O–H groups in total. The Morgan fingerprint density at radius 3 is 1.32 bits per heavy atom. The van der Waals surface area contributed by atoms with Crippen molar-refractivity contribution in [1.29, 1.82) is 0 Å². The molecule has 0 aliphatic heterocycles. The Morgan fingerprint density at radius 1 is 0.545 bits per heavy atom. The van der Waals surface area contributed by atoms with E-state index in [4.69, 9.17) is 5.84 Å². The molecule has 0 radical (unpaired) electrons. The Labute approximate surface area is 127 Å². The van der Waals surface area contributed by atoms with Crippen molar-refractivity contribution in [3.05, 3.63) is 72.8 Å². The normalized spacial score (nSPS) is 11.8. The van der Waals surface area contributed by atoms with Crippen LogP contribution >= 0.6 is 0 Å². The Hall–Kier alpha value is -3.00. The lowest BCUT2D eigenvalue weighted by Gasteiger charge is -2.01. The van der Waals surface area contributed by atoms with Crippen molar-refractivity contribution < 1.29 is 0 Å². The van der Waals surface area contributed by atoms with Gasteiger partial charge in [-0.25, -0.2) is 0 Å². The van der Waals surface area contributed by atoms with E-state index in [9.17, 15) is 0 Å². The topological polar surface area (TPSA) is 30.9 Å². The Balaban J connectivity index is 2.05. The number of nitrogens with zero attached hydrogens (tertiary/aromatic N) is 1. The highest BCUT2D eigenvalue weighted by molar-refractivity contribution is 6.15. The van der Waals surface area contributed by atoms with Crippen LogP contribution in [0.2, 0.25) is 0 Å². The van der Waals surface area contributed by atoms with E-state index >= 15 is 0 Å². The van der Waals surface area contributed by atoms with E-state index in [-0.39, 0.29) is 0 Å². The number of nitrogen functional groups attached to an aromatic ring is 1. The number of nitrogens with two attached hydrogens (primary N) is 1. The second kappa shape index (κ2) is 4.01. The van der Waals surface area contributed by atoms with Crippen LogP contribution in [0.5, 0.6) is 0 Å². The molecule has 1 aromatic heterocycles. The fourth-order valence-electron chi connectivity index (χ4n) is 3.42. The molecule has 22 heavy (non-hydrogen) atoms. The first-order chi connectivity index (χ1) is 10.8. The molecule has 104 valence electrons. The van der Waals surface area contributed by atoms with E-state index in [1.54, 1.807) is 0 Å². The molecule has 0 saturated heterocycles. The standard InChI is InChI=1S/C20H14N2/c21-22-19-11-15-7-3-1-5-13(15)9-17(19)18-10-14-6-2-4-8-16(14)12-20(18)22/h1-12H,21H2. The molecule has 2 nitrogen and oxygen atoms in total. The SMILES string of the molecule is Nn1c2cc3ccccc3cc2c2cc3ccccc3cc21. The highest BCUT2D eigenvalue weighted by Crippen LogP contribution is 2.33. The van der Waals surface area contributed by atoms with Gasteiger partial charge in [0.1, 0.15) is 0 Å². The molecule has 2 heteroatoms. The molecule has 1 heterocycles. The second-order valence-electron chi connectivity index (χ2n) is 5.80. The van der Waals surface area contributed by atoms with Gasteiger partial charge in [0.15, 0.2) is 0 Å². The predicted molar refractivity (Wildman–Crippen MR) is 94.6 cm³/mol. The summed E-state index contributed by atoms with van der Waals surface area (Å²) in [5.41, 5.74) is 2.15. The first kappa shape index (κ1) is 11.6. The fraction of sp³-hybridized carbons (Fsp3) is 0. The molecular weight excluding hydrogens is 268 g/mol. The highest BCUT2D eigenvalue weighted by Gasteiger charge is 2.11. The molecule has 4 aromatic carbocycles. The quantitative estimate of drug-likeness (QED) is 0.406. The van der Waals surface area contributed by atoms with E-state index in [2.05, 4.69) is 72.8 Å². The van der Waals surface area contributed by atoms with Crippen LogP contribution in [0.15, 0.2) is 72.8 Å². The number of benzene rings is 4. The minimum absolute atomic E-state index is 1.07. The van der Waals surface area contributed by atoms with Gasteiger partial charge in [-0.2, -0.15) is 0 Å². The summed E-state index contributed by atoms with van der Waals surface area (Å²) in [6, 6.07) is 25.7. The Bertz CT molecular complexity index is 1090. The lowest BCUT2D eigenvalue weighted by Crippen LogP contribution is -2.06. The molecule has 0 atom stereocenters. The first-order valence-corrected chi connectivity index (χ1v) is 7.42. The van der Waals surface area contributed by atoms with Crippen LogP contribution in [0.1, 0.15) is 0 Å².